The van der Waals surface area contributed by atoms with E-state index in [1.807, 2.05) is 13.8 Å². The van der Waals surface area contributed by atoms with Crippen molar-refractivity contribution >= 4 is 11.3 Å². The molecule has 1 saturated heterocycles. The van der Waals surface area contributed by atoms with E-state index in [-0.39, 0.29) is 34.4 Å². The first kappa shape index (κ1) is 38.3. The minimum atomic E-state index is -0.876. The predicted molar refractivity (Wildman–Crippen MR) is 198 cm³/mol. The first-order valence-corrected chi connectivity index (χ1v) is 17.1. The number of fused-ring (bicyclic) bond motifs is 2. The van der Waals surface area contributed by atoms with Gasteiger partial charge < -0.3 is 14.6 Å². The third-order valence-electron chi connectivity index (χ3n) is 7.96. The number of aliphatic hydroxyl groups is 1. The molecule has 0 radical (unpaired) electrons. The molecule has 4 aromatic heterocycles. The molecule has 0 amide bonds. The third kappa shape index (κ3) is 10.5. The van der Waals surface area contributed by atoms with Gasteiger partial charge in [-0.05, 0) is 94.3 Å². The highest BCUT2D eigenvalue weighted by Gasteiger charge is 2.13. The van der Waals surface area contributed by atoms with E-state index in [9.17, 15) is 23.5 Å². The van der Waals surface area contributed by atoms with Crippen LogP contribution >= 0.6 is 0 Å². The van der Waals surface area contributed by atoms with Crippen LogP contribution < -0.4 is 11.1 Å². The molecular weight excluding hydrogens is 678 g/mol. The minimum absolute atomic E-state index is 0.157. The van der Waals surface area contributed by atoms with Crippen LogP contribution in [0.5, 0.6) is 0 Å². The summed E-state index contributed by atoms with van der Waals surface area (Å²) in [5.74, 6) is 11.0. The lowest BCUT2D eigenvalue weighted by molar-refractivity contribution is 0.0751. The number of pyridine rings is 2. The lowest BCUT2D eigenvalue weighted by atomic mass is 10.2. The number of benzene rings is 2. The van der Waals surface area contributed by atoms with Gasteiger partial charge in [-0.1, -0.05) is 35.8 Å². The fourth-order valence-electron chi connectivity index (χ4n) is 5.17. The van der Waals surface area contributed by atoms with Crippen molar-refractivity contribution in [3.63, 3.8) is 0 Å². The molecule has 0 saturated carbocycles. The minimum Gasteiger partial charge on any atom is -0.388 e. The van der Waals surface area contributed by atoms with Crippen molar-refractivity contribution in [2.75, 3.05) is 19.8 Å². The van der Waals surface area contributed by atoms with Crippen molar-refractivity contribution in [1.82, 2.24) is 18.8 Å². The van der Waals surface area contributed by atoms with Crippen molar-refractivity contribution in [2.24, 2.45) is 0 Å². The molecule has 2 unspecified atom stereocenters. The second kappa shape index (κ2) is 18.5. The second-order valence-corrected chi connectivity index (χ2v) is 11.9. The Labute approximate surface area is 305 Å². The molecule has 11 heteroatoms. The van der Waals surface area contributed by atoms with Crippen molar-refractivity contribution in [3.8, 4) is 23.7 Å². The average molecular weight is 717 g/mol. The molecule has 1 N–H and O–H groups in total. The molecular formula is C42H38F2N4O5. The van der Waals surface area contributed by atoms with Crippen LogP contribution in [0.3, 0.4) is 0 Å². The average Bonchev–Trinajstić information content (AvgIpc) is 3.75. The number of halogens is 2. The summed E-state index contributed by atoms with van der Waals surface area (Å²) in [6, 6.07) is 18.9. The van der Waals surface area contributed by atoms with Crippen LogP contribution in [-0.2, 0) is 9.47 Å². The van der Waals surface area contributed by atoms with E-state index in [0.29, 0.717) is 45.7 Å². The van der Waals surface area contributed by atoms with Crippen molar-refractivity contribution in [3.05, 3.63) is 163 Å². The fourth-order valence-corrected chi connectivity index (χ4v) is 5.17. The first-order chi connectivity index (χ1) is 25.6. The molecule has 7 rings (SSSR count). The van der Waals surface area contributed by atoms with E-state index < -0.39 is 6.10 Å². The van der Waals surface area contributed by atoms with Gasteiger partial charge in [-0.25, -0.2) is 18.7 Å². The number of hydrogen-bond donors (Lipinski definition) is 1. The van der Waals surface area contributed by atoms with Gasteiger partial charge in [0.1, 0.15) is 22.9 Å². The Morgan fingerprint density at radius 1 is 0.736 bits per heavy atom. The maximum atomic E-state index is 13.2. The first-order valence-electron chi connectivity index (χ1n) is 17.1. The number of nitrogens with zero attached hydrogens (tertiary/aromatic N) is 4. The molecule has 5 heterocycles. The van der Waals surface area contributed by atoms with E-state index in [2.05, 4.69) is 33.6 Å². The third-order valence-corrected chi connectivity index (χ3v) is 7.96. The van der Waals surface area contributed by atoms with Crippen molar-refractivity contribution in [2.45, 2.75) is 45.8 Å². The fraction of sp³-hybridized carbons (Fsp3) is 0.238. The topological polar surface area (TPSA) is 107 Å². The van der Waals surface area contributed by atoms with Gasteiger partial charge in [0.2, 0.25) is 0 Å². The maximum absolute atomic E-state index is 13.2. The van der Waals surface area contributed by atoms with Gasteiger partial charge in [0.05, 0.1) is 23.3 Å². The molecule has 0 aliphatic carbocycles. The molecule has 53 heavy (non-hydrogen) atoms. The number of aromatic nitrogens is 4. The van der Waals surface area contributed by atoms with Gasteiger partial charge in [-0.15, -0.1) is 0 Å². The van der Waals surface area contributed by atoms with Crippen LogP contribution in [0.25, 0.3) is 11.3 Å². The number of hydrogen-bond acceptors (Lipinski definition) is 7. The molecule has 2 aromatic carbocycles. The number of ether oxygens (including phenoxy) is 2. The van der Waals surface area contributed by atoms with Crippen LogP contribution in [0.4, 0.5) is 8.78 Å². The molecule has 270 valence electrons. The summed E-state index contributed by atoms with van der Waals surface area (Å²) in [7, 11) is 0. The Bertz CT molecular complexity index is 2440. The summed E-state index contributed by atoms with van der Waals surface area (Å²) in [6.07, 6.45) is 7.48. The monoisotopic (exact) mass is 716 g/mol. The highest BCUT2D eigenvalue weighted by molar-refractivity contribution is 5.51. The summed E-state index contributed by atoms with van der Waals surface area (Å²) < 4.78 is 39.5. The van der Waals surface area contributed by atoms with Gasteiger partial charge in [0.15, 0.2) is 0 Å². The van der Waals surface area contributed by atoms with E-state index >= 15 is 0 Å². The zero-order chi connectivity index (χ0) is 37.7. The molecule has 0 spiro atoms. The van der Waals surface area contributed by atoms with Crippen LogP contribution in [0, 0.1) is 35.3 Å². The molecule has 1 aliphatic heterocycles. The number of rotatable bonds is 4. The van der Waals surface area contributed by atoms with Crippen molar-refractivity contribution < 1.29 is 23.4 Å². The van der Waals surface area contributed by atoms with Crippen molar-refractivity contribution in [1.29, 1.82) is 0 Å². The van der Waals surface area contributed by atoms with Gasteiger partial charge in [-0.2, -0.15) is 0 Å². The summed E-state index contributed by atoms with van der Waals surface area (Å²) in [4.78, 5) is 33.2. The smallest absolute Gasteiger partial charge is 0.263 e. The lowest BCUT2D eigenvalue weighted by Crippen LogP contribution is -2.22. The standard InChI is InChI=1S/C20H17FN2O2.C18H13FN2O2.C4H8O/c1-3-25-14(2)18-13-22-19-12-16(9-10-23(19)20(18)24)8-7-15-5-4-6-17(21)11-15;1-12(22)16-11-20-17-10-14(7-8-21(17)18(16)23)6-5-13-3-2-4-15(19)9-13;1-2-4-5-3-1/h4-6,9-14H,3H2,1-2H3;2-4,7-12,22H,1H3;1-4H2. The van der Waals surface area contributed by atoms with E-state index in [0.717, 1.165) is 13.2 Å². The van der Waals surface area contributed by atoms with E-state index in [1.165, 1.54) is 59.0 Å². The van der Waals surface area contributed by atoms with Gasteiger partial charge in [0, 0.05) is 66.9 Å². The van der Waals surface area contributed by atoms with Crippen LogP contribution in [-0.4, -0.2) is 43.7 Å². The van der Waals surface area contributed by atoms with Crippen LogP contribution in [0.15, 0.2) is 107 Å². The highest BCUT2D eigenvalue weighted by atomic mass is 19.1. The Morgan fingerprint density at radius 3 is 1.60 bits per heavy atom. The summed E-state index contributed by atoms with van der Waals surface area (Å²) in [5, 5.41) is 9.54. The van der Waals surface area contributed by atoms with E-state index in [1.54, 1.807) is 67.1 Å². The summed E-state index contributed by atoms with van der Waals surface area (Å²) >= 11 is 0. The molecule has 6 aromatic rings. The Balaban J connectivity index is 0.000000181. The Kier molecular flexibility index (Phi) is 13.3. The largest absolute Gasteiger partial charge is 0.388 e. The highest BCUT2D eigenvalue weighted by Crippen LogP contribution is 2.13. The number of aliphatic hydroxyl groups excluding tert-OH is 1. The normalized spacial score (nSPS) is 12.9. The maximum Gasteiger partial charge on any atom is 0.263 e. The summed E-state index contributed by atoms with van der Waals surface area (Å²) in [5.41, 5.74) is 3.73. The lowest BCUT2D eigenvalue weighted by Gasteiger charge is -2.11. The molecule has 0 bridgehead atoms. The SMILES string of the molecule is C1CCOC1.CC(O)c1cnc2cc(C#Cc3cccc(F)c3)ccn2c1=O.CCOC(C)c1cnc2cc(C#Cc3cccc(F)c3)ccn2c1=O. The zero-order valence-electron chi connectivity index (χ0n) is 29.6. The van der Waals surface area contributed by atoms with Gasteiger partial charge >= 0.3 is 0 Å². The molecule has 1 aliphatic rings. The zero-order valence-corrected chi connectivity index (χ0v) is 29.6. The predicted octanol–water partition coefficient (Wildman–Crippen LogP) is 6.41. The Morgan fingerprint density at radius 2 is 1.19 bits per heavy atom. The second-order valence-electron chi connectivity index (χ2n) is 11.9. The quantitative estimate of drug-likeness (QED) is 0.210. The molecule has 2 atom stereocenters. The van der Waals surface area contributed by atoms with Gasteiger partial charge in [-0.3, -0.25) is 18.4 Å². The summed E-state index contributed by atoms with van der Waals surface area (Å²) in [6.45, 7) is 7.75. The van der Waals surface area contributed by atoms with Gasteiger partial charge in [0.25, 0.3) is 11.1 Å². The van der Waals surface area contributed by atoms with Crippen LogP contribution in [0.2, 0.25) is 0 Å². The molecule has 9 nitrogen and oxygen atoms in total. The molecule has 1 fully saturated rings. The Hall–Kier alpha value is -5.98. The van der Waals surface area contributed by atoms with E-state index in [4.69, 9.17) is 9.47 Å². The van der Waals surface area contributed by atoms with Crippen LogP contribution in [0.1, 0.15) is 79.2 Å².